The standard InChI is InChI=1S/C11H14N2O3/c1-2-5-13(6-7-14)9-3-4-12-10(8-9)11(15)16/h2-4,8,14H,1,5-7H2,(H,15,16). The summed E-state index contributed by atoms with van der Waals surface area (Å²) in [5, 5.41) is 17.7. The van der Waals surface area contributed by atoms with Gasteiger partial charge in [-0.3, -0.25) is 0 Å². The fourth-order valence-electron chi connectivity index (χ4n) is 1.34. The average Bonchev–Trinajstić information content (AvgIpc) is 2.29. The second kappa shape index (κ2) is 5.87. The molecule has 0 spiro atoms. The maximum atomic E-state index is 10.7. The molecule has 2 N–H and O–H groups in total. The van der Waals surface area contributed by atoms with Gasteiger partial charge < -0.3 is 15.1 Å². The monoisotopic (exact) mass is 222 g/mol. The lowest BCUT2D eigenvalue weighted by atomic mass is 10.3. The zero-order valence-corrected chi connectivity index (χ0v) is 8.83. The maximum absolute atomic E-state index is 10.7. The highest BCUT2D eigenvalue weighted by Crippen LogP contribution is 2.14. The fourth-order valence-corrected chi connectivity index (χ4v) is 1.34. The van der Waals surface area contributed by atoms with Crippen molar-refractivity contribution in [2.45, 2.75) is 0 Å². The van der Waals surface area contributed by atoms with Gasteiger partial charge in [0.15, 0.2) is 0 Å². The molecule has 1 heterocycles. The molecule has 0 aliphatic carbocycles. The van der Waals surface area contributed by atoms with Crippen molar-refractivity contribution in [3.63, 3.8) is 0 Å². The van der Waals surface area contributed by atoms with Crippen LogP contribution in [0.3, 0.4) is 0 Å². The van der Waals surface area contributed by atoms with Gasteiger partial charge in [0.1, 0.15) is 5.69 Å². The third-order valence-electron chi connectivity index (χ3n) is 2.05. The molecule has 0 atom stereocenters. The van der Waals surface area contributed by atoms with Gasteiger partial charge in [0.05, 0.1) is 6.61 Å². The van der Waals surface area contributed by atoms with Gasteiger partial charge in [-0.1, -0.05) is 6.08 Å². The molecule has 5 heteroatoms. The number of aromatic nitrogens is 1. The van der Waals surface area contributed by atoms with Crippen molar-refractivity contribution in [3.05, 3.63) is 36.7 Å². The second-order valence-electron chi connectivity index (χ2n) is 3.16. The van der Waals surface area contributed by atoms with Gasteiger partial charge in [0.2, 0.25) is 0 Å². The minimum absolute atomic E-state index is 0.00142. The predicted octanol–water partition coefficient (Wildman–Crippen LogP) is 0.764. The molecule has 0 aromatic carbocycles. The van der Waals surface area contributed by atoms with Gasteiger partial charge >= 0.3 is 5.97 Å². The number of carboxylic acids is 1. The molecule has 1 rings (SSSR count). The van der Waals surface area contributed by atoms with Gasteiger partial charge in [-0.25, -0.2) is 9.78 Å². The molecular weight excluding hydrogens is 208 g/mol. The van der Waals surface area contributed by atoms with E-state index in [0.29, 0.717) is 18.8 Å². The number of carbonyl (C=O) groups is 1. The minimum atomic E-state index is -1.07. The fraction of sp³-hybridized carbons (Fsp3) is 0.273. The lowest BCUT2D eigenvalue weighted by Gasteiger charge is -2.22. The molecule has 0 bridgehead atoms. The molecule has 0 aliphatic rings. The Hall–Kier alpha value is -1.88. The van der Waals surface area contributed by atoms with E-state index in [1.54, 1.807) is 12.1 Å². The van der Waals surface area contributed by atoms with Crippen molar-refractivity contribution in [2.75, 3.05) is 24.6 Å². The molecular formula is C11H14N2O3. The first-order valence-corrected chi connectivity index (χ1v) is 4.85. The summed E-state index contributed by atoms with van der Waals surface area (Å²) in [6, 6.07) is 3.17. The molecule has 0 aliphatic heterocycles. The Kier molecular flexibility index (Phi) is 4.47. The van der Waals surface area contributed by atoms with E-state index in [2.05, 4.69) is 11.6 Å². The van der Waals surface area contributed by atoms with Crippen LogP contribution in [0.1, 0.15) is 10.5 Å². The van der Waals surface area contributed by atoms with Crippen LogP contribution >= 0.6 is 0 Å². The van der Waals surface area contributed by atoms with E-state index in [1.165, 1.54) is 12.3 Å². The van der Waals surface area contributed by atoms with Gasteiger partial charge in [-0.05, 0) is 12.1 Å². The van der Waals surface area contributed by atoms with Crippen LogP contribution in [0.15, 0.2) is 31.0 Å². The van der Waals surface area contributed by atoms with Crippen LogP contribution < -0.4 is 4.90 Å². The number of rotatable bonds is 6. The summed E-state index contributed by atoms with van der Waals surface area (Å²) in [6.07, 6.45) is 3.13. The van der Waals surface area contributed by atoms with Crippen LogP contribution in [-0.4, -0.2) is 40.9 Å². The Morgan fingerprint density at radius 3 is 2.94 bits per heavy atom. The summed E-state index contributed by atoms with van der Waals surface area (Å²) < 4.78 is 0. The number of aliphatic hydroxyl groups is 1. The number of hydrogen-bond acceptors (Lipinski definition) is 4. The number of hydrogen-bond donors (Lipinski definition) is 2. The molecule has 0 saturated heterocycles. The first-order valence-electron chi connectivity index (χ1n) is 4.85. The van der Waals surface area contributed by atoms with Crippen molar-refractivity contribution >= 4 is 11.7 Å². The Morgan fingerprint density at radius 1 is 1.62 bits per heavy atom. The zero-order valence-electron chi connectivity index (χ0n) is 8.83. The second-order valence-corrected chi connectivity index (χ2v) is 3.16. The lowest BCUT2D eigenvalue weighted by molar-refractivity contribution is 0.0690. The largest absolute Gasteiger partial charge is 0.477 e. The average molecular weight is 222 g/mol. The highest BCUT2D eigenvalue weighted by molar-refractivity contribution is 5.86. The summed E-state index contributed by atoms with van der Waals surface area (Å²) in [7, 11) is 0. The first kappa shape index (κ1) is 12.2. The quantitative estimate of drug-likeness (QED) is 0.695. The number of nitrogens with zero attached hydrogens (tertiary/aromatic N) is 2. The van der Waals surface area contributed by atoms with E-state index in [0.717, 1.165) is 0 Å². The van der Waals surface area contributed by atoms with Gasteiger partial charge in [-0.2, -0.15) is 0 Å². The maximum Gasteiger partial charge on any atom is 0.354 e. The van der Waals surface area contributed by atoms with Crippen molar-refractivity contribution in [1.82, 2.24) is 4.98 Å². The van der Waals surface area contributed by atoms with Gasteiger partial charge in [0, 0.05) is 25.0 Å². The van der Waals surface area contributed by atoms with Crippen molar-refractivity contribution < 1.29 is 15.0 Å². The summed E-state index contributed by atoms with van der Waals surface area (Å²) in [6.45, 7) is 4.58. The Labute approximate surface area is 93.7 Å². The van der Waals surface area contributed by atoms with Crippen molar-refractivity contribution in [2.24, 2.45) is 0 Å². The highest BCUT2D eigenvalue weighted by atomic mass is 16.4. The van der Waals surface area contributed by atoms with E-state index >= 15 is 0 Å². The van der Waals surface area contributed by atoms with Gasteiger partial charge in [-0.15, -0.1) is 6.58 Å². The van der Waals surface area contributed by atoms with E-state index in [4.69, 9.17) is 10.2 Å². The molecule has 0 unspecified atom stereocenters. The molecule has 0 amide bonds. The highest BCUT2D eigenvalue weighted by Gasteiger charge is 2.09. The molecule has 86 valence electrons. The summed E-state index contributed by atoms with van der Waals surface area (Å²) in [5.74, 6) is -1.07. The Balaban J connectivity index is 2.94. The predicted molar refractivity (Wildman–Crippen MR) is 60.7 cm³/mol. The van der Waals surface area contributed by atoms with Crippen molar-refractivity contribution in [1.29, 1.82) is 0 Å². The Morgan fingerprint density at radius 2 is 2.38 bits per heavy atom. The Bertz CT molecular complexity index is 379. The number of aromatic carboxylic acids is 1. The molecule has 1 aromatic rings. The lowest BCUT2D eigenvalue weighted by Crippen LogP contribution is -2.26. The molecule has 1 aromatic heterocycles. The van der Waals surface area contributed by atoms with Crippen LogP contribution in [0.25, 0.3) is 0 Å². The third kappa shape index (κ3) is 3.06. The van der Waals surface area contributed by atoms with Crippen LogP contribution in [0.5, 0.6) is 0 Å². The summed E-state index contributed by atoms with van der Waals surface area (Å²) >= 11 is 0. The van der Waals surface area contributed by atoms with E-state index in [9.17, 15) is 4.79 Å². The van der Waals surface area contributed by atoms with E-state index in [1.807, 2.05) is 4.90 Å². The molecule has 0 fully saturated rings. The van der Waals surface area contributed by atoms with E-state index < -0.39 is 5.97 Å². The number of anilines is 1. The first-order chi connectivity index (χ1) is 7.69. The van der Waals surface area contributed by atoms with E-state index in [-0.39, 0.29) is 12.3 Å². The minimum Gasteiger partial charge on any atom is -0.477 e. The van der Waals surface area contributed by atoms with Gasteiger partial charge in [0.25, 0.3) is 0 Å². The molecule has 0 saturated carbocycles. The summed E-state index contributed by atoms with van der Waals surface area (Å²) in [5.41, 5.74) is 0.700. The molecule has 5 nitrogen and oxygen atoms in total. The smallest absolute Gasteiger partial charge is 0.354 e. The topological polar surface area (TPSA) is 73.7 Å². The number of pyridine rings is 1. The molecule has 16 heavy (non-hydrogen) atoms. The zero-order chi connectivity index (χ0) is 12.0. The van der Waals surface area contributed by atoms with Crippen LogP contribution in [-0.2, 0) is 0 Å². The normalized spacial score (nSPS) is 9.81. The van der Waals surface area contributed by atoms with Crippen LogP contribution in [0.2, 0.25) is 0 Å². The van der Waals surface area contributed by atoms with Crippen molar-refractivity contribution in [3.8, 4) is 0 Å². The third-order valence-corrected chi connectivity index (χ3v) is 2.05. The molecule has 0 radical (unpaired) electrons. The van der Waals surface area contributed by atoms with Crippen LogP contribution in [0.4, 0.5) is 5.69 Å². The SMILES string of the molecule is C=CCN(CCO)c1ccnc(C(=O)O)c1. The van der Waals surface area contributed by atoms with Crippen LogP contribution in [0, 0.1) is 0 Å². The number of aliphatic hydroxyl groups excluding tert-OH is 1. The number of carboxylic acid groups (broad SMARTS) is 1. The summed E-state index contributed by atoms with van der Waals surface area (Å²) in [4.78, 5) is 16.3.